The molecule has 122 valence electrons. The van der Waals surface area contributed by atoms with Gasteiger partial charge in [-0.2, -0.15) is 0 Å². The summed E-state index contributed by atoms with van der Waals surface area (Å²) in [6, 6.07) is 21.4. The van der Waals surface area contributed by atoms with Crippen LogP contribution < -0.4 is 10.2 Å². The summed E-state index contributed by atoms with van der Waals surface area (Å²) in [7, 11) is 0. The maximum absolute atomic E-state index is 13.3. The number of hydrogen-bond acceptors (Lipinski definition) is 3. The number of fused-ring (bicyclic) bond motifs is 3. The fourth-order valence-electron chi connectivity index (χ4n) is 3.60. The molecule has 1 N–H and O–H groups in total. The van der Waals surface area contributed by atoms with Crippen LogP contribution in [0.3, 0.4) is 0 Å². The van der Waals surface area contributed by atoms with E-state index in [2.05, 4.69) is 5.32 Å². The highest BCUT2D eigenvalue weighted by Gasteiger charge is 2.59. The van der Waals surface area contributed by atoms with E-state index >= 15 is 0 Å². The number of para-hydroxylation sites is 1. The first-order chi connectivity index (χ1) is 12.2. The molecule has 2 aliphatic rings. The van der Waals surface area contributed by atoms with Crippen molar-refractivity contribution in [1.82, 2.24) is 0 Å². The largest absolute Gasteiger partial charge is 0.324 e. The number of amides is 2. The second-order valence-corrected chi connectivity index (χ2v) is 7.38. The molecule has 2 amide bonds. The van der Waals surface area contributed by atoms with Gasteiger partial charge in [0.25, 0.3) is 11.8 Å². The smallest absolute Gasteiger partial charge is 0.258 e. The Morgan fingerprint density at radius 1 is 0.920 bits per heavy atom. The summed E-state index contributed by atoms with van der Waals surface area (Å²) in [4.78, 5) is 27.7. The van der Waals surface area contributed by atoms with E-state index in [4.69, 9.17) is 0 Å². The second kappa shape index (κ2) is 5.10. The number of carbonyl (C=O) groups excluding carboxylic acids is 2. The molecule has 2 aliphatic heterocycles. The third-order valence-corrected chi connectivity index (χ3v) is 6.28. The quantitative estimate of drug-likeness (QED) is 0.683. The van der Waals surface area contributed by atoms with Gasteiger partial charge in [0.15, 0.2) is 0 Å². The predicted octanol–water partition coefficient (Wildman–Crippen LogP) is 3.72. The zero-order valence-electron chi connectivity index (χ0n) is 13.2. The number of carbonyl (C=O) groups is 2. The van der Waals surface area contributed by atoms with E-state index in [0.29, 0.717) is 5.88 Å². The first-order valence-corrected chi connectivity index (χ1v) is 9.04. The molecule has 1 fully saturated rings. The molecule has 3 aromatic rings. The van der Waals surface area contributed by atoms with Gasteiger partial charge in [0.1, 0.15) is 0 Å². The first-order valence-electron chi connectivity index (χ1n) is 8.06. The van der Waals surface area contributed by atoms with E-state index in [1.54, 1.807) is 4.90 Å². The Labute approximate surface area is 148 Å². The van der Waals surface area contributed by atoms with Gasteiger partial charge >= 0.3 is 0 Å². The molecule has 1 unspecified atom stereocenters. The number of benzene rings is 3. The Morgan fingerprint density at radius 2 is 1.68 bits per heavy atom. The zero-order chi connectivity index (χ0) is 17.0. The van der Waals surface area contributed by atoms with Gasteiger partial charge in [0.05, 0.1) is 5.88 Å². The molecule has 1 atom stereocenters. The van der Waals surface area contributed by atoms with Crippen LogP contribution in [-0.4, -0.2) is 17.7 Å². The van der Waals surface area contributed by atoms with Crippen molar-refractivity contribution in [3.63, 3.8) is 0 Å². The summed E-state index contributed by atoms with van der Waals surface area (Å²) in [6.07, 6.45) is 0. The summed E-state index contributed by atoms with van der Waals surface area (Å²) < 4.78 is -1.16. The van der Waals surface area contributed by atoms with Gasteiger partial charge in [-0.05, 0) is 29.0 Å². The van der Waals surface area contributed by atoms with Crippen LogP contribution in [0.1, 0.15) is 5.56 Å². The van der Waals surface area contributed by atoms with Crippen LogP contribution >= 0.6 is 11.8 Å². The van der Waals surface area contributed by atoms with Crippen molar-refractivity contribution in [2.75, 3.05) is 16.1 Å². The molecule has 0 bridgehead atoms. The van der Waals surface area contributed by atoms with Crippen molar-refractivity contribution in [3.8, 4) is 0 Å². The van der Waals surface area contributed by atoms with Crippen LogP contribution in [0.5, 0.6) is 0 Å². The minimum Gasteiger partial charge on any atom is -0.324 e. The standard InChI is InChI=1S/C20H14N2O2S/c23-18-20(16-7-3-4-8-17(16)21-18)19(24)22(12-25-20)15-10-9-13-5-1-2-6-14(13)11-15/h1-11H,12H2,(H,21,23). The van der Waals surface area contributed by atoms with Crippen LogP contribution in [-0.2, 0) is 14.3 Å². The van der Waals surface area contributed by atoms with E-state index in [9.17, 15) is 9.59 Å². The fraction of sp³-hybridized carbons (Fsp3) is 0.100. The van der Waals surface area contributed by atoms with E-state index in [-0.39, 0.29) is 11.8 Å². The molecule has 2 heterocycles. The molecule has 0 saturated carbocycles. The zero-order valence-corrected chi connectivity index (χ0v) is 14.0. The lowest BCUT2D eigenvalue weighted by atomic mass is 9.98. The highest BCUT2D eigenvalue weighted by molar-refractivity contribution is 8.02. The van der Waals surface area contributed by atoms with Gasteiger partial charge in [-0.1, -0.05) is 48.5 Å². The Kier molecular flexibility index (Phi) is 2.97. The molecule has 4 nitrogen and oxygen atoms in total. The molecule has 5 rings (SSSR count). The molecular weight excluding hydrogens is 332 g/mol. The maximum atomic E-state index is 13.3. The van der Waals surface area contributed by atoms with E-state index in [1.165, 1.54) is 11.8 Å². The molecule has 0 aliphatic carbocycles. The SMILES string of the molecule is O=C1Nc2ccccc2C12SCN(c1ccc3ccccc3c1)C2=O. The molecule has 3 aromatic carbocycles. The topological polar surface area (TPSA) is 49.4 Å². The van der Waals surface area contributed by atoms with Gasteiger partial charge in [-0.15, -0.1) is 11.8 Å². The summed E-state index contributed by atoms with van der Waals surface area (Å²) >= 11 is 1.38. The third kappa shape index (κ3) is 1.90. The Hall–Kier alpha value is -2.79. The highest BCUT2D eigenvalue weighted by atomic mass is 32.2. The van der Waals surface area contributed by atoms with Gasteiger partial charge in [-0.25, -0.2) is 0 Å². The van der Waals surface area contributed by atoms with Crippen molar-refractivity contribution >= 4 is 45.7 Å². The number of thioether (sulfide) groups is 1. The number of hydrogen-bond donors (Lipinski definition) is 1. The molecule has 0 radical (unpaired) electrons. The lowest BCUT2D eigenvalue weighted by Crippen LogP contribution is -2.41. The average Bonchev–Trinajstić information content (AvgIpc) is 3.14. The van der Waals surface area contributed by atoms with Gasteiger partial charge in [-0.3, -0.25) is 9.59 Å². The van der Waals surface area contributed by atoms with Crippen LogP contribution in [0.15, 0.2) is 66.7 Å². The van der Waals surface area contributed by atoms with Crippen LogP contribution in [0, 0.1) is 0 Å². The fourth-order valence-corrected chi connectivity index (χ4v) is 4.93. The van der Waals surface area contributed by atoms with Gasteiger partial charge < -0.3 is 10.2 Å². The summed E-state index contributed by atoms with van der Waals surface area (Å²) in [6.45, 7) is 0. The second-order valence-electron chi connectivity index (χ2n) is 6.22. The van der Waals surface area contributed by atoms with Crippen molar-refractivity contribution in [2.45, 2.75) is 4.75 Å². The van der Waals surface area contributed by atoms with Crippen LogP contribution in [0.2, 0.25) is 0 Å². The summed E-state index contributed by atoms with van der Waals surface area (Å²) in [5.41, 5.74) is 2.32. The number of nitrogens with one attached hydrogen (secondary N) is 1. The third-order valence-electron chi connectivity index (χ3n) is 4.88. The molecule has 1 spiro atoms. The van der Waals surface area contributed by atoms with E-state index < -0.39 is 4.75 Å². The minimum atomic E-state index is -1.16. The Bertz CT molecular complexity index is 1050. The van der Waals surface area contributed by atoms with Crippen LogP contribution in [0.4, 0.5) is 11.4 Å². The van der Waals surface area contributed by atoms with Crippen molar-refractivity contribution in [3.05, 3.63) is 72.3 Å². The molecule has 1 saturated heterocycles. The van der Waals surface area contributed by atoms with Crippen LogP contribution in [0.25, 0.3) is 10.8 Å². The maximum Gasteiger partial charge on any atom is 0.258 e. The number of rotatable bonds is 1. The lowest BCUT2D eigenvalue weighted by molar-refractivity contribution is -0.127. The van der Waals surface area contributed by atoms with Gasteiger partial charge in [0, 0.05) is 16.9 Å². The van der Waals surface area contributed by atoms with Crippen molar-refractivity contribution < 1.29 is 9.59 Å². The molecule has 0 aromatic heterocycles. The van der Waals surface area contributed by atoms with Gasteiger partial charge in [0.2, 0.25) is 4.75 Å². The van der Waals surface area contributed by atoms with Crippen molar-refractivity contribution in [2.24, 2.45) is 0 Å². The summed E-state index contributed by atoms with van der Waals surface area (Å²) in [5, 5.41) is 5.06. The van der Waals surface area contributed by atoms with E-state index in [0.717, 1.165) is 27.7 Å². The average molecular weight is 346 g/mol. The Morgan fingerprint density at radius 3 is 2.56 bits per heavy atom. The van der Waals surface area contributed by atoms with E-state index in [1.807, 2.05) is 66.7 Å². The normalized spacial score (nSPS) is 21.8. The molecular formula is C20H14N2O2S. The highest BCUT2D eigenvalue weighted by Crippen LogP contribution is 2.52. The Balaban J connectivity index is 1.60. The summed E-state index contributed by atoms with van der Waals surface area (Å²) in [5.74, 6) is 0.0427. The number of nitrogens with zero attached hydrogens (tertiary/aromatic N) is 1. The predicted molar refractivity (Wildman–Crippen MR) is 101 cm³/mol. The lowest BCUT2D eigenvalue weighted by Gasteiger charge is -2.20. The molecule has 25 heavy (non-hydrogen) atoms. The van der Waals surface area contributed by atoms with Crippen molar-refractivity contribution in [1.29, 1.82) is 0 Å². The first kappa shape index (κ1) is 14.5. The molecule has 5 heteroatoms. The minimum absolute atomic E-state index is 0.171. The number of anilines is 2. The monoisotopic (exact) mass is 346 g/mol.